The van der Waals surface area contributed by atoms with Gasteiger partial charge in [-0.15, -0.1) is 0 Å². The fourth-order valence-corrected chi connectivity index (χ4v) is 2.09. The van der Waals surface area contributed by atoms with Gasteiger partial charge in [-0.05, 0) is 31.9 Å². The molecule has 0 saturated carbocycles. The van der Waals surface area contributed by atoms with Gasteiger partial charge in [0, 0.05) is 24.3 Å². The van der Waals surface area contributed by atoms with E-state index in [0.29, 0.717) is 6.54 Å². The molecule has 0 unspecified atom stereocenters. The van der Waals surface area contributed by atoms with Crippen LogP contribution in [0, 0.1) is 13.8 Å². The predicted molar refractivity (Wildman–Crippen MR) is 73.8 cm³/mol. The van der Waals surface area contributed by atoms with Crippen molar-refractivity contribution in [3.8, 4) is 0 Å². The molecule has 0 atom stereocenters. The van der Waals surface area contributed by atoms with E-state index >= 15 is 0 Å². The van der Waals surface area contributed by atoms with Crippen molar-refractivity contribution in [2.45, 2.75) is 40.2 Å². The smallest absolute Gasteiger partial charge is 0.134 e. The summed E-state index contributed by atoms with van der Waals surface area (Å²) < 4.78 is 0. The number of pyridine rings is 1. The summed E-state index contributed by atoms with van der Waals surface area (Å²) in [6.07, 6.45) is 2.15. The minimum atomic E-state index is -0.0114. The first-order valence-electron chi connectivity index (χ1n) is 6.57. The summed E-state index contributed by atoms with van der Waals surface area (Å²) >= 11 is 0. The maximum absolute atomic E-state index is 9.50. The first-order valence-corrected chi connectivity index (χ1v) is 6.57. The van der Waals surface area contributed by atoms with Crippen LogP contribution in [0.1, 0.15) is 36.6 Å². The number of aromatic nitrogens is 1. The van der Waals surface area contributed by atoms with E-state index in [0.717, 1.165) is 42.0 Å². The number of aliphatic hydroxyl groups excluding tert-OH is 2. The molecular weight excluding hydrogens is 228 g/mol. The van der Waals surface area contributed by atoms with Crippen molar-refractivity contribution in [1.82, 2.24) is 4.98 Å². The maximum Gasteiger partial charge on any atom is 0.134 e. The van der Waals surface area contributed by atoms with E-state index in [9.17, 15) is 5.11 Å². The number of hydrogen-bond donors (Lipinski definition) is 2. The molecule has 0 aliphatic rings. The first kappa shape index (κ1) is 14.9. The van der Waals surface area contributed by atoms with Crippen LogP contribution in [-0.2, 0) is 6.61 Å². The third-order valence-corrected chi connectivity index (χ3v) is 3.06. The van der Waals surface area contributed by atoms with Crippen LogP contribution in [0.15, 0.2) is 6.07 Å². The topological polar surface area (TPSA) is 56.6 Å². The number of aryl methyl sites for hydroxylation is 2. The molecule has 102 valence electrons. The summed E-state index contributed by atoms with van der Waals surface area (Å²) in [6.45, 7) is 7.59. The Morgan fingerprint density at radius 2 is 1.94 bits per heavy atom. The lowest BCUT2D eigenvalue weighted by atomic mass is 10.1. The van der Waals surface area contributed by atoms with Crippen molar-refractivity contribution in [2.24, 2.45) is 0 Å². The van der Waals surface area contributed by atoms with E-state index < -0.39 is 0 Å². The van der Waals surface area contributed by atoms with Crippen LogP contribution in [0.4, 0.5) is 5.82 Å². The molecule has 2 N–H and O–H groups in total. The average molecular weight is 252 g/mol. The van der Waals surface area contributed by atoms with Gasteiger partial charge in [-0.3, -0.25) is 0 Å². The quantitative estimate of drug-likeness (QED) is 0.777. The second-order valence-electron chi connectivity index (χ2n) is 4.61. The number of aliphatic hydroxyl groups is 2. The number of anilines is 1. The number of rotatable bonds is 7. The Bertz CT molecular complexity index is 380. The van der Waals surface area contributed by atoms with Crippen molar-refractivity contribution in [1.29, 1.82) is 0 Å². The Kier molecular flexibility index (Phi) is 6.09. The van der Waals surface area contributed by atoms with Crippen molar-refractivity contribution >= 4 is 5.82 Å². The molecule has 0 fully saturated rings. The molecule has 18 heavy (non-hydrogen) atoms. The standard InChI is InChI=1S/C14H24N2O2/c1-4-5-6-16(7-8-17)14-13(10-18)11(2)9-12(3)15-14/h9,17-18H,4-8,10H2,1-3H3. The van der Waals surface area contributed by atoms with Crippen LogP contribution in [-0.4, -0.2) is 34.9 Å². The molecule has 0 bridgehead atoms. The second-order valence-corrected chi connectivity index (χ2v) is 4.61. The van der Waals surface area contributed by atoms with Crippen LogP contribution in [0.2, 0.25) is 0 Å². The molecule has 1 heterocycles. The first-order chi connectivity index (χ1) is 8.63. The number of unbranched alkanes of at least 4 members (excludes halogenated alkanes) is 1. The van der Waals surface area contributed by atoms with Gasteiger partial charge in [0.1, 0.15) is 5.82 Å². The van der Waals surface area contributed by atoms with Crippen LogP contribution in [0.5, 0.6) is 0 Å². The van der Waals surface area contributed by atoms with Crippen LogP contribution >= 0.6 is 0 Å². The van der Waals surface area contributed by atoms with E-state index in [1.165, 1.54) is 0 Å². The summed E-state index contributed by atoms with van der Waals surface area (Å²) in [5, 5.41) is 18.7. The molecule has 1 rings (SSSR count). The van der Waals surface area contributed by atoms with Crippen molar-refractivity contribution in [3.63, 3.8) is 0 Å². The fourth-order valence-electron chi connectivity index (χ4n) is 2.09. The predicted octanol–water partition coefficient (Wildman–Crippen LogP) is 1.79. The van der Waals surface area contributed by atoms with Crippen molar-refractivity contribution in [3.05, 3.63) is 22.9 Å². The summed E-state index contributed by atoms with van der Waals surface area (Å²) in [4.78, 5) is 6.60. The molecule has 0 aliphatic heterocycles. The molecule has 1 aromatic rings. The van der Waals surface area contributed by atoms with Gasteiger partial charge in [-0.2, -0.15) is 0 Å². The maximum atomic E-state index is 9.50. The van der Waals surface area contributed by atoms with Crippen LogP contribution in [0.25, 0.3) is 0 Å². The molecule has 1 aromatic heterocycles. The summed E-state index contributed by atoms with van der Waals surface area (Å²) in [6, 6.07) is 1.98. The molecule has 0 saturated heterocycles. The van der Waals surface area contributed by atoms with E-state index in [4.69, 9.17) is 5.11 Å². The van der Waals surface area contributed by atoms with Crippen molar-refractivity contribution < 1.29 is 10.2 Å². The van der Waals surface area contributed by atoms with Crippen LogP contribution < -0.4 is 4.90 Å². The molecular formula is C14H24N2O2. The zero-order chi connectivity index (χ0) is 13.5. The molecule has 0 spiro atoms. The van der Waals surface area contributed by atoms with Crippen LogP contribution in [0.3, 0.4) is 0 Å². The molecule has 0 radical (unpaired) electrons. The monoisotopic (exact) mass is 252 g/mol. The van der Waals surface area contributed by atoms with Gasteiger partial charge in [0.25, 0.3) is 0 Å². The minimum Gasteiger partial charge on any atom is -0.395 e. The SMILES string of the molecule is CCCCN(CCO)c1nc(C)cc(C)c1CO. The molecule has 0 aromatic carbocycles. The fraction of sp³-hybridized carbons (Fsp3) is 0.643. The summed E-state index contributed by atoms with van der Waals surface area (Å²) in [5.41, 5.74) is 2.86. The Labute approximate surface area is 109 Å². The van der Waals surface area contributed by atoms with E-state index in [-0.39, 0.29) is 13.2 Å². The molecule has 4 heteroatoms. The largest absolute Gasteiger partial charge is 0.395 e. The van der Waals surface area contributed by atoms with E-state index in [1.807, 2.05) is 19.9 Å². The number of nitrogens with zero attached hydrogens (tertiary/aromatic N) is 2. The van der Waals surface area contributed by atoms with Gasteiger partial charge in [-0.1, -0.05) is 13.3 Å². The normalized spacial score (nSPS) is 10.7. The zero-order valence-electron chi connectivity index (χ0n) is 11.6. The van der Waals surface area contributed by atoms with Gasteiger partial charge in [-0.25, -0.2) is 4.98 Å². The highest BCUT2D eigenvalue weighted by molar-refractivity contribution is 5.51. The lowest BCUT2D eigenvalue weighted by molar-refractivity contribution is 0.279. The average Bonchev–Trinajstić information content (AvgIpc) is 2.33. The lowest BCUT2D eigenvalue weighted by Crippen LogP contribution is -2.30. The second kappa shape index (κ2) is 7.34. The third kappa shape index (κ3) is 3.68. The van der Waals surface area contributed by atoms with Gasteiger partial charge in [0.15, 0.2) is 0 Å². The highest BCUT2D eigenvalue weighted by atomic mass is 16.3. The van der Waals surface area contributed by atoms with E-state index in [1.54, 1.807) is 0 Å². The van der Waals surface area contributed by atoms with Gasteiger partial charge < -0.3 is 15.1 Å². The zero-order valence-corrected chi connectivity index (χ0v) is 11.6. The molecule has 4 nitrogen and oxygen atoms in total. The number of hydrogen-bond acceptors (Lipinski definition) is 4. The van der Waals surface area contributed by atoms with E-state index in [2.05, 4.69) is 16.8 Å². The summed E-state index contributed by atoms with van der Waals surface area (Å²) in [7, 11) is 0. The highest BCUT2D eigenvalue weighted by Gasteiger charge is 2.14. The third-order valence-electron chi connectivity index (χ3n) is 3.06. The van der Waals surface area contributed by atoms with Crippen molar-refractivity contribution in [2.75, 3.05) is 24.6 Å². The highest BCUT2D eigenvalue weighted by Crippen LogP contribution is 2.23. The Balaban J connectivity index is 3.08. The Hall–Kier alpha value is -1.13. The molecule has 0 aliphatic carbocycles. The Morgan fingerprint density at radius 1 is 1.22 bits per heavy atom. The van der Waals surface area contributed by atoms with Gasteiger partial charge >= 0.3 is 0 Å². The molecule has 0 amide bonds. The minimum absolute atomic E-state index is 0.0114. The summed E-state index contributed by atoms with van der Waals surface area (Å²) in [5.74, 6) is 0.817. The Morgan fingerprint density at radius 3 is 2.50 bits per heavy atom. The van der Waals surface area contributed by atoms with Gasteiger partial charge in [0.2, 0.25) is 0 Å². The lowest BCUT2D eigenvalue weighted by Gasteiger charge is -2.26. The van der Waals surface area contributed by atoms with Gasteiger partial charge in [0.05, 0.1) is 13.2 Å².